The molecule has 0 aromatic heterocycles. The average Bonchev–Trinajstić information content (AvgIpc) is 2.41. The second-order valence-corrected chi connectivity index (χ2v) is 5.47. The molecule has 1 aromatic carbocycles. The molecule has 0 bridgehead atoms. The fourth-order valence-electron chi connectivity index (χ4n) is 2.56. The van der Waals surface area contributed by atoms with Crippen molar-refractivity contribution in [3.63, 3.8) is 0 Å². The Morgan fingerprint density at radius 1 is 1.32 bits per heavy atom. The number of benzene rings is 1. The molecule has 1 aliphatic rings. The van der Waals surface area contributed by atoms with Crippen LogP contribution in [0.1, 0.15) is 28.8 Å². The zero-order valence-electron chi connectivity index (χ0n) is 11.8. The summed E-state index contributed by atoms with van der Waals surface area (Å²) in [5.74, 6) is -0.608. The predicted octanol–water partition coefficient (Wildman–Crippen LogP) is 2.30. The maximum atomic E-state index is 13.7. The number of piperidine rings is 1. The molecule has 1 aromatic rings. The van der Waals surface area contributed by atoms with Crippen LogP contribution in [0.2, 0.25) is 0 Å². The molecule has 3 nitrogen and oxygen atoms in total. The summed E-state index contributed by atoms with van der Waals surface area (Å²) in [6.45, 7) is 3.28. The number of hydrogen-bond donors (Lipinski definition) is 0. The van der Waals surface area contributed by atoms with Crippen LogP contribution in [-0.4, -0.2) is 48.9 Å². The van der Waals surface area contributed by atoms with Crippen LogP contribution >= 0.6 is 0 Å². The van der Waals surface area contributed by atoms with E-state index in [1.807, 2.05) is 6.92 Å². The normalized spacial score (nSPS) is 17.0. The first-order valence-electron chi connectivity index (χ1n) is 6.71. The third kappa shape index (κ3) is 3.13. The smallest absolute Gasteiger partial charge is 0.256 e. The van der Waals surface area contributed by atoms with E-state index in [0.29, 0.717) is 19.1 Å². The molecule has 0 unspecified atom stereocenters. The second kappa shape index (κ2) is 5.70. The van der Waals surface area contributed by atoms with Gasteiger partial charge in [-0.15, -0.1) is 0 Å². The van der Waals surface area contributed by atoms with E-state index in [4.69, 9.17) is 0 Å². The Hall–Kier alpha value is -1.42. The lowest BCUT2D eigenvalue weighted by Crippen LogP contribution is -2.44. The molecule has 1 heterocycles. The number of carbonyl (C=O) groups is 1. The number of carbonyl (C=O) groups excluding carboxylic acids is 1. The largest absolute Gasteiger partial charge is 0.338 e. The van der Waals surface area contributed by atoms with E-state index in [9.17, 15) is 9.18 Å². The van der Waals surface area contributed by atoms with Crippen LogP contribution < -0.4 is 0 Å². The van der Waals surface area contributed by atoms with Gasteiger partial charge in [0, 0.05) is 19.1 Å². The summed E-state index contributed by atoms with van der Waals surface area (Å²) in [6, 6.07) is 5.21. The number of amides is 1. The summed E-state index contributed by atoms with van der Waals surface area (Å²) >= 11 is 0. The summed E-state index contributed by atoms with van der Waals surface area (Å²) in [6.07, 6.45) is 1.90. The molecule has 1 aliphatic heterocycles. The molecule has 0 spiro atoms. The topological polar surface area (TPSA) is 23.6 Å². The van der Waals surface area contributed by atoms with Crippen molar-refractivity contribution in [1.82, 2.24) is 9.80 Å². The van der Waals surface area contributed by atoms with Crippen molar-refractivity contribution in [2.45, 2.75) is 25.8 Å². The van der Waals surface area contributed by atoms with Crippen LogP contribution in [0, 0.1) is 12.7 Å². The molecule has 2 rings (SSSR count). The van der Waals surface area contributed by atoms with E-state index in [2.05, 4.69) is 19.0 Å². The van der Waals surface area contributed by atoms with Gasteiger partial charge in [0.15, 0.2) is 0 Å². The zero-order valence-corrected chi connectivity index (χ0v) is 11.8. The highest BCUT2D eigenvalue weighted by molar-refractivity contribution is 5.94. The lowest BCUT2D eigenvalue weighted by molar-refractivity contribution is 0.0658. The maximum absolute atomic E-state index is 13.7. The van der Waals surface area contributed by atoms with Gasteiger partial charge in [0.2, 0.25) is 0 Å². The monoisotopic (exact) mass is 264 g/mol. The maximum Gasteiger partial charge on any atom is 0.256 e. The van der Waals surface area contributed by atoms with Crippen LogP contribution in [0.25, 0.3) is 0 Å². The highest BCUT2D eigenvalue weighted by atomic mass is 19.1. The van der Waals surface area contributed by atoms with Gasteiger partial charge in [-0.3, -0.25) is 4.79 Å². The van der Waals surface area contributed by atoms with Gasteiger partial charge in [-0.1, -0.05) is 11.6 Å². The standard InChI is InChI=1S/C15H21FN2O/c1-11-4-5-14(16)13(10-11)15(19)18-8-6-12(7-9-18)17(2)3/h4-5,10,12H,6-9H2,1-3H3. The Morgan fingerprint density at radius 2 is 1.95 bits per heavy atom. The minimum absolute atomic E-state index is 0.182. The number of rotatable bonds is 2. The van der Waals surface area contributed by atoms with E-state index in [1.54, 1.807) is 17.0 Å². The van der Waals surface area contributed by atoms with E-state index < -0.39 is 5.82 Å². The molecule has 0 radical (unpaired) electrons. The molecular weight excluding hydrogens is 243 g/mol. The van der Waals surface area contributed by atoms with Crippen molar-refractivity contribution in [2.24, 2.45) is 0 Å². The summed E-state index contributed by atoms with van der Waals surface area (Å²) in [4.78, 5) is 16.3. The number of hydrogen-bond acceptors (Lipinski definition) is 2. The van der Waals surface area contributed by atoms with E-state index in [-0.39, 0.29) is 11.5 Å². The van der Waals surface area contributed by atoms with Gasteiger partial charge in [0.25, 0.3) is 5.91 Å². The van der Waals surface area contributed by atoms with Crippen molar-refractivity contribution in [1.29, 1.82) is 0 Å². The molecule has 0 atom stereocenters. The van der Waals surface area contributed by atoms with Crippen molar-refractivity contribution in [2.75, 3.05) is 27.2 Å². The lowest BCUT2D eigenvalue weighted by Gasteiger charge is -2.35. The summed E-state index contributed by atoms with van der Waals surface area (Å²) < 4.78 is 13.7. The van der Waals surface area contributed by atoms with E-state index in [0.717, 1.165) is 18.4 Å². The molecule has 19 heavy (non-hydrogen) atoms. The fraction of sp³-hybridized carbons (Fsp3) is 0.533. The first kappa shape index (κ1) is 14.0. The minimum Gasteiger partial charge on any atom is -0.338 e. The van der Waals surface area contributed by atoms with Crippen molar-refractivity contribution in [3.8, 4) is 0 Å². The molecule has 1 fully saturated rings. The first-order chi connectivity index (χ1) is 8.99. The molecule has 0 saturated carbocycles. The Morgan fingerprint density at radius 3 is 2.53 bits per heavy atom. The van der Waals surface area contributed by atoms with E-state index >= 15 is 0 Å². The minimum atomic E-state index is -0.426. The van der Waals surface area contributed by atoms with Crippen LogP contribution in [0.4, 0.5) is 4.39 Å². The zero-order chi connectivity index (χ0) is 14.0. The Bertz CT molecular complexity index is 465. The number of halogens is 1. The third-order valence-corrected chi connectivity index (χ3v) is 3.83. The molecule has 104 valence electrons. The van der Waals surface area contributed by atoms with Crippen LogP contribution in [0.15, 0.2) is 18.2 Å². The Kier molecular flexibility index (Phi) is 4.20. The van der Waals surface area contributed by atoms with Crippen molar-refractivity contribution >= 4 is 5.91 Å². The van der Waals surface area contributed by atoms with Crippen molar-refractivity contribution in [3.05, 3.63) is 35.1 Å². The fourth-order valence-corrected chi connectivity index (χ4v) is 2.56. The second-order valence-electron chi connectivity index (χ2n) is 5.47. The molecule has 0 N–H and O–H groups in total. The SMILES string of the molecule is Cc1ccc(F)c(C(=O)N2CCC(N(C)C)CC2)c1. The lowest BCUT2D eigenvalue weighted by atomic mass is 10.0. The van der Waals surface area contributed by atoms with Gasteiger partial charge in [-0.05, 0) is 46.0 Å². The molecule has 1 saturated heterocycles. The number of likely N-dealkylation sites (tertiary alicyclic amines) is 1. The summed E-state index contributed by atoms with van der Waals surface area (Å²) in [5.41, 5.74) is 1.11. The predicted molar refractivity (Wildman–Crippen MR) is 73.7 cm³/mol. The average molecular weight is 264 g/mol. The highest BCUT2D eigenvalue weighted by Gasteiger charge is 2.25. The van der Waals surface area contributed by atoms with Gasteiger partial charge in [0.1, 0.15) is 5.82 Å². The van der Waals surface area contributed by atoms with E-state index in [1.165, 1.54) is 6.07 Å². The Labute approximate surface area is 114 Å². The highest BCUT2D eigenvalue weighted by Crippen LogP contribution is 2.18. The van der Waals surface area contributed by atoms with Gasteiger partial charge in [-0.2, -0.15) is 0 Å². The van der Waals surface area contributed by atoms with Gasteiger partial charge in [0.05, 0.1) is 5.56 Å². The molecule has 4 heteroatoms. The first-order valence-corrected chi connectivity index (χ1v) is 6.71. The van der Waals surface area contributed by atoms with Crippen LogP contribution in [-0.2, 0) is 0 Å². The summed E-state index contributed by atoms with van der Waals surface area (Å²) in [5, 5.41) is 0. The molecule has 1 amide bonds. The quantitative estimate of drug-likeness (QED) is 0.818. The van der Waals surface area contributed by atoms with Crippen molar-refractivity contribution < 1.29 is 9.18 Å². The number of nitrogens with zero attached hydrogens (tertiary/aromatic N) is 2. The van der Waals surface area contributed by atoms with Gasteiger partial charge in [-0.25, -0.2) is 4.39 Å². The number of aryl methyl sites for hydroxylation is 1. The molecular formula is C15H21FN2O. The van der Waals surface area contributed by atoms with Gasteiger partial charge < -0.3 is 9.80 Å². The van der Waals surface area contributed by atoms with Gasteiger partial charge >= 0.3 is 0 Å². The third-order valence-electron chi connectivity index (χ3n) is 3.83. The summed E-state index contributed by atoms with van der Waals surface area (Å²) in [7, 11) is 4.12. The Balaban J connectivity index is 2.07. The molecule has 0 aliphatic carbocycles. The van der Waals surface area contributed by atoms with Crippen LogP contribution in [0.3, 0.4) is 0 Å². The van der Waals surface area contributed by atoms with Crippen LogP contribution in [0.5, 0.6) is 0 Å².